The maximum absolute atomic E-state index is 12.6. The Labute approximate surface area is 150 Å². The molecule has 1 aliphatic carbocycles. The van der Waals surface area contributed by atoms with Gasteiger partial charge in [-0.1, -0.05) is 17.7 Å². The second-order valence-corrected chi connectivity index (χ2v) is 9.12. The van der Waals surface area contributed by atoms with E-state index in [9.17, 15) is 8.42 Å². The standard InChI is InChI=1S/C17H17N3O3S2/c1-10-3-6-14(11(2)7-10)20-25(21,22)15-8-13(9-24-15)17-19-18-16(23-17)12-4-5-12/h3,6-9,12,20H,4-5H2,1-2H3. The number of nitrogens with zero attached hydrogens (tertiary/aromatic N) is 2. The molecule has 0 amide bonds. The molecule has 1 aromatic carbocycles. The van der Waals surface area contributed by atoms with Gasteiger partial charge in [-0.3, -0.25) is 4.72 Å². The van der Waals surface area contributed by atoms with Crippen LogP contribution in [0.15, 0.2) is 38.3 Å². The molecule has 130 valence electrons. The van der Waals surface area contributed by atoms with Crippen LogP contribution in [-0.2, 0) is 10.0 Å². The van der Waals surface area contributed by atoms with Crippen LogP contribution in [-0.4, -0.2) is 18.6 Å². The minimum atomic E-state index is -3.65. The largest absolute Gasteiger partial charge is 0.420 e. The highest BCUT2D eigenvalue weighted by Crippen LogP contribution is 2.40. The molecule has 1 fully saturated rings. The Hall–Kier alpha value is -2.19. The third kappa shape index (κ3) is 3.32. The molecular weight excluding hydrogens is 358 g/mol. The number of aryl methyl sites for hydroxylation is 2. The molecule has 8 heteroatoms. The lowest BCUT2D eigenvalue weighted by Crippen LogP contribution is -2.12. The van der Waals surface area contributed by atoms with Crippen LogP contribution in [0.5, 0.6) is 0 Å². The van der Waals surface area contributed by atoms with E-state index in [1.807, 2.05) is 26.0 Å². The van der Waals surface area contributed by atoms with Crippen LogP contribution in [0.2, 0.25) is 0 Å². The first kappa shape index (κ1) is 16.3. The topological polar surface area (TPSA) is 85.1 Å². The third-order valence-corrected chi connectivity index (χ3v) is 6.89. The van der Waals surface area contributed by atoms with Gasteiger partial charge >= 0.3 is 0 Å². The fourth-order valence-corrected chi connectivity index (χ4v) is 4.82. The average Bonchev–Trinajstić information content (AvgIpc) is 3.09. The van der Waals surface area contributed by atoms with Crippen LogP contribution in [0.25, 0.3) is 11.5 Å². The molecule has 0 unspecified atom stereocenters. The zero-order chi connectivity index (χ0) is 17.6. The van der Waals surface area contributed by atoms with Gasteiger partial charge in [-0.2, -0.15) is 0 Å². The van der Waals surface area contributed by atoms with Gasteiger partial charge in [0.2, 0.25) is 11.8 Å². The van der Waals surface area contributed by atoms with Crippen molar-refractivity contribution in [2.45, 2.75) is 36.8 Å². The smallest absolute Gasteiger partial charge is 0.271 e. The molecule has 1 aliphatic rings. The Morgan fingerprint density at radius 3 is 2.72 bits per heavy atom. The van der Waals surface area contributed by atoms with Gasteiger partial charge in [-0.05, 0) is 44.4 Å². The molecule has 3 aromatic rings. The van der Waals surface area contributed by atoms with E-state index in [2.05, 4.69) is 14.9 Å². The minimum absolute atomic E-state index is 0.216. The summed E-state index contributed by atoms with van der Waals surface area (Å²) >= 11 is 1.13. The van der Waals surface area contributed by atoms with Crippen LogP contribution < -0.4 is 4.72 Å². The number of anilines is 1. The molecule has 0 bridgehead atoms. The molecule has 0 aliphatic heterocycles. The van der Waals surface area contributed by atoms with Crippen molar-refractivity contribution in [3.05, 3.63) is 46.7 Å². The number of nitrogens with one attached hydrogen (secondary N) is 1. The molecule has 0 spiro atoms. The fraction of sp³-hybridized carbons (Fsp3) is 0.294. The van der Waals surface area contributed by atoms with Gasteiger partial charge in [0.05, 0.1) is 11.3 Å². The Kier molecular flexibility index (Phi) is 3.88. The van der Waals surface area contributed by atoms with E-state index in [0.717, 1.165) is 35.3 Å². The summed E-state index contributed by atoms with van der Waals surface area (Å²) in [6, 6.07) is 7.16. The lowest BCUT2D eigenvalue weighted by molar-refractivity contribution is 0.508. The number of hydrogen-bond donors (Lipinski definition) is 1. The number of rotatable bonds is 5. The van der Waals surface area contributed by atoms with E-state index >= 15 is 0 Å². The maximum Gasteiger partial charge on any atom is 0.271 e. The van der Waals surface area contributed by atoms with Gasteiger partial charge in [0, 0.05) is 11.3 Å². The number of benzene rings is 1. The summed E-state index contributed by atoms with van der Waals surface area (Å²) in [4.78, 5) is 0. The maximum atomic E-state index is 12.6. The normalized spacial score (nSPS) is 14.6. The van der Waals surface area contributed by atoms with E-state index < -0.39 is 10.0 Å². The first-order valence-electron chi connectivity index (χ1n) is 7.95. The number of aromatic nitrogens is 2. The summed E-state index contributed by atoms with van der Waals surface area (Å²) < 4.78 is 33.8. The Bertz CT molecular complexity index is 1030. The van der Waals surface area contributed by atoms with E-state index in [1.165, 1.54) is 0 Å². The highest BCUT2D eigenvalue weighted by molar-refractivity contribution is 7.94. The van der Waals surface area contributed by atoms with Gasteiger partial charge in [-0.15, -0.1) is 21.5 Å². The summed E-state index contributed by atoms with van der Waals surface area (Å²) in [5.74, 6) is 1.37. The summed E-state index contributed by atoms with van der Waals surface area (Å²) in [6.07, 6.45) is 2.15. The van der Waals surface area contributed by atoms with Crippen molar-refractivity contribution < 1.29 is 12.8 Å². The van der Waals surface area contributed by atoms with E-state index in [1.54, 1.807) is 17.5 Å². The van der Waals surface area contributed by atoms with Crippen molar-refractivity contribution >= 4 is 27.0 Å². The van der Waals surface area contributed by atoms with E-state index in [-0.39, 0.29) is 4.21 Å². The predicted molar refractivity (Wildman–Crippen MR) is 96.3 cm³/mol. The Morgan fingerprint density at radius 2 is 2.00 bits per heavy atom. The molecule has 6 nitrogen and oxygen atoms in total. The second-order valence-electron chi connectivity index (χ2n) is 6.30. The summed E-state index contributed by atoms with van der Waals surface area (Å²) in [5.41, 5.74) is 3.17. The third-order valence-electron chi connectivity index (χ3n) is 4.08. The molecule has 4 rings (SSSR count). The Balaban J connectivity index is 1.59. The number of sulfonamides is 1. The van der Waals surface area contributed by atoms with Crippen LogP contribution >= 0.6 is 11.3 Å². The van der Waals surface area contributed by atoms with Gasteiger partial charge in [-0.25, -0.2) is 8.42 Å². The molecule has 1 saturated carbocycles. The second kappa shape index (κ2) is 5.96. The molecule has 0 atom stereocenters. The van der Waals surface area contributed by atoms with Crippen LogP contribution in [0.3, 0.4) is 0 Å². The quantitative estimate of drug-likeness (QED) is 0.726. The number of hydrogen-bond acceptors (Lipinski definition) is 6. The van der Waals surface area contributed by atoms with Crippen molar-refractivity contribution in [3.8, 4) is 11.5 Å². The van der Waals surface area contributed by atoms with Gasteiger partial charge in [0.15, 0.2) is 0 Å². The van der Waals surface area contributed by atoms with Gasteiger partial charge in [0.1, 0.15) is 4.21 Å². The molecule has 1 N–H and O–H groups in total. The van der Waals surface area contributed by atoms with Crippen molar-refractivity contribution in [2.24, 2.45) is 0 Å². The molecular formula is C17H17N3O3S2. The zero-order valence-corrected chi connectivity index (χ0v) is 15.4. The minimum Gasteiger partial charge on any atom is -0.420 e. The molecule has 0 saturated heterocycles. The first-order valence-corrected chi connectivity index (χ1v) is 10.3. The lowest BCUT2D eigenvalue weighted by Gasteiger charge is -2.09. The predicted octanol–water partition coefficient (Wildman–Crippen LogP) is 4.09. The average molecular weight is 375 g/mol. The van der Waals surface area contributed by atoms with Crippen molar-refractivity contribution in [1.29, 1.82) is 0 Å². The summed E-state index contributed by atoms with van der Waals surface area (Å²) in [6.45, 7) is 3.85. The fourth-order valence-electron chi connectivity index (χ4n) is 2.54. The van der Waals surface area contributed by atoms with Crippen molar-refractivity contribution in [3.63, 3.8) is 0 Å². The highest BCUT2D eigenvalue weighted by Gasteiger charge is 2.30. The van der Waals surface area contributed by atoms with Gasteiger partial charge < -0.3 is 4.42 Å². The molecule has 25 heavy (non-hydrogen) atoms. The molecule has 0 radical (unpaired) electrons. The molecule has 2 aromatic heterocycles. The SMILES string of the molecule is Cc1ccc(NS(=O)(=O)c2cc(-c3nnc(C4CC4)o3)cs2)c(C)c1. The van der Waals surface area contributed by atoms with Crippen LogP contribution in [0, 0.1) is 13.8 Å². The Morgan fingerprint density at radius 1 is 1.20 bits per heavy atom. The van der Waals surface area contributed by atoms with Crippen LogP contribution in [0.1, 0.15) is 35.8 Å². The zero-order valence-electron chi connectivity index (χ0n) is 13.8. The highest BCUT2D eigenvalue weighted by atomic mass is 32.2. The van der Waals surface area contributed by atoms with E-state index in [4.69, 9.17) is 4.42 Å². The first-order chi connectivity index (χ1) is 11.9. The summed E-state index contributed by atoms with van der Waals surface area (Å²) in [7, 11) is -3.65. The van der Waals surface area contributed by atoms with Crippen molar-refractivity contribution in [1.82, 2.24) is 10.2 Å². The monoisotopic (exact) mass is 375 g/mol. The lowest BCUT2D eigenvalue weighted by atomic mass is 10.1. The van der Waals surface area contributed by atoms with Gasteiger partial charge in [0.25, 0.3) is 10.0 Å². The van der Waals surface area contributed by atoms with Crippen molar-refractivity contribution in [2.75, 3.05) is 4.72 Å². The van der Waals surface area contributed by atoms with E-state index in [0.29, 0.717) is 29.0 Å². The molecule has 2 heterocycles. The van der Waals surface area contributed by atoms with Crippen LogP contribution in [0.4, 0.5) is 5.69 Å². The number of thiophene rings is 1. The summed E-state index contributed by atoms with van der Waals surface area (Å²) in [5, 5.41) is 9.79.